The lowest BCUT2D eigenvalue weighted by Crippen LogP contribution is -2.04. The Hall–Kier alpha value is -1.87. The first kappa shape index (κ1) is 16.5. The molecular weight excluding hydrogens is 326 g/mol. The van der Waals surface area contributed by atoms with Crippen molar-refractivity contribution in [2.45, 2.75) is 30.0 Å². The Kier molecular flexibility index (Phi) is 5.56. The second kappa shape index (κ2) is 7.41. The van der Waals surface area contributed by atoms with E-state index in [1.807, 2.05) is 13.8 Å². The summed E-state index contributed by atoms with van der Waals surface area (Å²) in [5, 5.41) is 19.5. The van der Waals surface area contributed by atoms with Gasteiger partial charge in [0.2, 0.25) is 0 Å². The van der Waals surface area contributed by atoms with Crippen molar-refractivity contribution in [2.24, 2.45) is 0 Å². The SMILES string of the molecule is COc1ccc(CSc2nnc(OC(C)C)s2)cc1[N+](=O)[O-]. The van der Waals surface area contributed by atoms with Crippen LogP contribution in [0.3, 0.4) is 0 Å². The highest BCUT2D eigenvalue weighted by atomic mass is 32.2. The first-order valence-corrected chi connectivity index (χ1v) is 8.24. The van der Waals surface area contributed by atoms with Gasteiger partial charge >= 0.3 is 5.69 Å². The number of ether oxygens (including phenoxy) is 2. The Bertz CT molecular complexity index is 660. The Morgan fingerprint density at radius 3 is 2.82 bits per heavy atom. The van der Waals surface area contributed by atoms with Gasteiger partial charge in [0.15, 0.2) is 10.1 Å². The van der Waals surface area contributed by atoms with E-state index in [0.717, 1.165) is 9.90 Å². The minimum atomic E-state index is -0.452. The number of methoxy groups -OCH3 is 1. The molecule has 0 N–H and O–H groups in total. The average molecular weight is 341 g/mol. The van der Waals surface area contributed by atoms with Gasteiger partial charge in [0.25, 0.3) is 5.19 Å². The topological polar surface area (TPSA) is 87.4 Å². The van der Waals surface area contributed by atoms with Gasteiger partial charge in [-0.3, -0.25) is 10.1 Å². The van der Waals surface area contributed by atoms with Crippen molar-refractivity contribution in [3.8, 4) is 10.9 Å². The standard InChI is InChI=1S/C13H15N3O4S2/c1-8(2)20-12-14-15-13(22-12)21-7-9-4-5-11(19-3)10(6-9)16(17)18/h4-6,8H,7H2,1-3H3. The lowest BCUT2D eigenvalue weighted by molar-refractivity contribution is -0.385. The zero-order valence-corrected chi connectivity index (χ0v) is 13.9. The third kappa shape index (κ3) is 4.31. The summed E-state index contributed by atoms with van der Waals surface area (Å²) in [6.45, 7) is 3.84. The number of nitro benzene ring substituents is 1. The van der Waals surface area contributed by atoms with E-state index in [1.165, 1.54) is 36.3 Å². The molecule has 1 aromatic heterocycles. The van der Waals surface area contributed by atoms with Gasteiger partial charge in [0.1, 0.15) is 0 Å². The van der Waals surface area contributed by atoms with Crippen molar-refractivity contribution < 1.29 is 14.4 Å². The maximum absolute atomic E-state index is 11.0. The molecule has 0 aliphatic carbocycles. The molecule has 0 fully saturated rings. The summed E-state index contributed by atoms with van der Waals surface area (Å²) in [7, 11) is 1.41. The van der Waals surface area contributed by atoms with E-state index >= 15 is 0 Å². The Morgan fingerprint density at radius 2 is 2.18 bits per heavy atom. The van der Waals surface area contributed by atoms with Crippen LogP contribution in [0.1, 0.15) is 19.4 Å². The highest BCUT2D eigenvalue weighted by Gasteiger charge is 2.15. The average Bonchev–Trinajstić information content (AvgIpc) is 2.91. The number of benzene rings is 1. The Balaban J connectivity index is 2.03. The third-order valence-electron chi connectivity index (χ3n) is 2.53. The van der Waals surface area contributed by atoms with E-state index in [1.54, 1.807) is 12.1 Å². The summed E-state index contributed by atoms with van der Waals surface area (Å²) < 4.78 is 11.2. The molecule has 2 aromatic rings. The molecule has 0 amide bonds. The van der Waals surface area contributed by atoms with Crippen LogP contribution in [0.2, 0.25) is 0 Å². The molecule has 1 heterocycles. The first-order valence-electron chi connectivity index (χ1n) is 6.44. The highest BCUT2D eigenvalue weighted by Crippen LogP contribution is 2.33. The van der Waals surface area contributed by atoms with E-state index in [0.29, 0.717) is 10.9 Å². The highest BCUT2D eigenvalue weighted by molar-refractivity contribution is 8.00. The largest absolute Gasteiger partial charge is 0.490 e. The van der Waals surface area contributed by atoms with Crippen molar-refractivity contribution in [3.05, 3.63) is 33.9 Å². The van der Waals surface area contributed by atoms with E-state index < -0.39 is 4.92 Å². The van der Waals surface area contributed by atoms with Crippen molar-refractivity contribution >= 4 is 28.8 Å². The normalized spacial score (nSPS) is 10.7. The molecule has 22 heavy (non-hydrogen) atoms. The van der Waals surface area contributed by atoms with E-state index in [-0.39, 0.29) is 17.5 Å². The smallest absolute Gasteiger partial charge is 0.311 e. The second-order valence-corrected chi connectivity index (χ2v) is 6.71. The van der Waals surface area contributed by atoms with E-state index in [9.17, 15) is 10.1 Å². The van der Waals surface area contributed by atoms with Gasteiger partial charge in [-0.15, -0.1) is 5.10 Å². The number of rotatable bonds is 7. The molecule has 1 aromatic carbocycles. The number of nitro groups is 1. The van der Waals surface area contributed by atoms with Gasteiger partial charge in [-0.1, -0.05) is 22.9 Å². The molecule has 0 bridgehead atoms. The fourth-order valence-electron chi connectivity index (χ4n) is 1.62. The second-order valence-electron chi connectivity index (χ2n) is 4.55. The fraction of sp³-hybridized carbons (Fsp3) is 0.385. The van der Waals surface area contributed by atoms with Gasteiger partial charge < -0.3 is 9.47 Å². The molecule has 0 spiro atoms. The molecule has 9 heteroatoms. The summed E-state index contributed by atoms with van der Waals surface area (Å²) in [5.41, 5.74) is 0.778. The van der Waals surface area contributed by atoms with Crippen molar-refractivity contribution in [1.82, 2.24) is 10.2 Å². The monoisotopic (exact) mass is 341 g/mol. The van der Waals surface area contributed by atoms with Gasteiger partial charge in [-0.25, -0.2) is 0 Å². The van der Waals surface area contributed by atoms with Crippen LogP contribution in [0.5, 0.6) is 10.9 Å². The third-order valence-corrected chi connectivity index (χ3v) is 4.55. The van der Waals surface area contributed by atoms with E-state index in [4.69, 9.17) is 9.47 Å². The molecule has 2 rings (SSSR count). The number of thioether (sulfide) groups is 1. The van der Waals surface area contributed by atoms with Crippen molar-refractivity contribution in [1.29, 1.82) is 0 Å². The maximum atomic E-state index is 11.0. The summed E-state index contributed by atoms with van der Waals surface area (Å²) in [5.74, 6) is 0.809. The predicted octanol–water partition coefficient (Wildman–Crippen LogP) is 3.53. The van der Waals surface area contributed by atoms with Crippen LogP contribution >= 0.6 is 23.1 Å². The summed E-state index contributed by atoms with van der Waals surface area (Å²) in [6, 6.07) is 4.91. The predicted molar refractivity (Wildman–Crippen MR) is 84.9 cm³/mol. The summed E-state index contributed by atoms with van der Waals surface area (Å²) >= 11 is 2.82. The van der Waals surface area contributed by atoms with Gasteiger partial charge in [0.05, 0.1) is 18.1 Å². The van der Waals surface area contributed by atoms with Gasteiger partial charge in [0, 0.05) is 11.8 Å². The molecule has 118 valence electrons. The quantitative estimate of drug-likeness (QED) is 0.432. The molecule has 0 aliphatic heterocycles. The molecule has 0 atom stereocenters. The molecule has 0 radical (unpaired) electrons. The van der Waals surface area contributed by atoms with Crippen molar-refractivity contribution in [2.75, 3.05) is 7.11 Å². The lowest BCUT2D eigenvalue weighted by Gasteiger charge is -2.04. The maximum Gasteiger partial charge on any atom is 0.311 e. The molecule has 7 nitrogen and oxygen atoms in total. The van der Waals surface area contributed by atoms with Crippen LogP contribution in [0.25, 0.3) is 0 Å². The van der Waals surface area contributed by atoms with Gasteiger partial charge in [-0.2, -0.15) is 0 Å². The Morgan fingerprint density at radius 1 is 1.41 bits per heavy atom. The first-order chi connectivity index (χ1) is 10.5. The van der Waals surface area contributed by atoms with Crippen LogP contribution in [0, 0.1) is 10.1 Å². The number of hydrogen-bond acceptors (Lipinski definition) is 8. The number of aromatic nitrogens is 2. The number of hydrogen-bond donors (Lipinski definition) is 0. The van der Waals surface area contributed by atoms with Crippen LogP contribution < -0.4 is 9.47 Å². The van der Waals surface area contributed by atoms with Crippen molar-refractivity contribution in [3.63, 3.8) is 0 Å². The fourth-order valence-corrected chi connectivity index (χ4v) is 3.37. The minimum Gasteiger partial charge on any atom is -0.490 e. The molecule has 0 unspecified atom stereocenters. The van der Waals surface area contributed by atoms with Crippen LogP contribution in [-0.2, 0) is 5.75 Å². The van der Waals surface area contributed by atoms with Crippen LogP contribution in [0.15, 0.2) is 22.5 Å². The zero-order chi connectivity index (χ0) is 16.1. The Labute approximate surface area is 135 Å². The summed E-state index contributed by atoms with van der Waals surface area (Å²) in [4.78, 5) is 10.5. The molecule has 0 saturated carbocycles. The van der Waals surface area contributed by atoms with E-state index in [2.05, 4.69) is 10.2 Å². The van der Waals surface area contributed by atoms with Crippen LogP contribution in [0.4, 0.5) is 5.69 Å². The molecule has 0 aliphatic rings. The lowest BCUT2D eigenvalue weighted by atomic mass is 10.2. The minimum absolute atomic E-state index is 0.0401. The van der Waals surface area contributed by atoms with Gasteiger partial charge in [-0.05, 0) is 36.8 Å². The number of nitrogens with zero attached hydrogens (tertiary/aromatic N) is 3. The molecular formula is C13H15N3O4S2. The molecule has 0 saturated heterocycles. The van der Waals surface area contributed by atoms with Crippen LogP contribution in [-0.4, -0.2) is 28.3 Å². The zero-order valence-electron chi connectivity index (χ0n) is 12.3. The summed E-state index contributed by atoms with van der Waals surface area (Å²) in [6.07, 6.45) is 0.0510.